The highest BCUT2D eigenvalue weighted by Crippen LogP contribution is 2.23. The molecule has 1 rings (SSSR count). The van der Waals surface area contributed by atoms with E-state index >= 15 is 0 Å². The van der Waals surface area contributed by atoms with Gasteiger partial charge in [-0.25, -0.2) is 0 Å². The first kappa shape index (κ1) is 17.5. The number of hydrogen-bond donors (Lipinski definition) is 1. The number of nitrogens with one attached hydrogen (secondary N) is 1. The lowest BCUT2D eigenvalue weighted by Crippen LogP contribution is -2.39. The predicted octanol–water partition coefficient (Wildman–Crippen LogP) is 3.66. The lowest BCUT2D eigenvalue weighted by Gasteiger charge is -2.32. The fourth-order valence-corrected chi connectivity index (χ4v) is 3.37. The smallest absolute Gasteiger partial charge is 0.0358 e. The number of hydrogen-bond acceptors (Lipinski definition) is 3. The number of nitrogens with zero attached hydrogens (tertiary/aromatic N) is 1. The van der Waals surface area contributed by atoms with Gasteiger partial charge in [-0.15, -0.1) is 0 Å². The van der Waals surface area contributed by atoms with E-state index in [4.69, 9.17) is 0 Å². The third-order valence-corrected chi connectivity index (χ3v) is 4.70. The second-order valence-electron chi connectivity index (χ2n) is 5.67. The summed E-state index contributed by atoms with van der Waals surface area (Å²) >= 11 is 1.92. The van der Waals surface area contributed by atoms with Crippen molar-refractivity contribution >= 4 is 11.8 Å². The third-order valence-electron chi connectivity index (χ3n) is 3.89. The van der Waals surface area contributed by atoms with E-state index in [0.717, 1.165) is 13.1 Å². The Kier molecular flexibility index (Phi) is 8.27. The van der Waals surface area contributed by atoms with Crippen LogP contribution in [0, 0.1) is 5.92 Å². The maximum atomic E-state index is 3.64. The van der Waals surface area contributed by atoms with E-state index in [1.807, 2.05) is 11.8 Å². The molecule has 3 heteroatoms. The summed E-state index contributed by atoms with van der Waals surface area (Å²) in [5, 5.41) is 3.64. The molecule has 3 unspecified atom stereocenters. The van der Waals surface area contributed by atoms with Gasteiger partial charge in [-0.1, -0.05) is 44.2 Å². The Bertz CT molecular complexity index is 355. The van der Waals surface area contributed by atoms with Gasteiger partial charge in [0.05, 0.1) is 0 Å². The lowest BCUT2D eigenvalue weighted by molar-refractivity contribution is 0.213. The first-order chi connectivity index (χ1) is 9.60. The maximum absolute atomic E-state index is 3.64. The molecule has 0 aliphatic rings. The van der Waals surface area contributed by atoms with Crippen LogP contribution >= 0.6 is 11.8 Å². The molecular formula is C17H30N2S. The van der Waals surface area contributed by atoms with Crippen LogP contribution in [0.15, 0.2) is 30.3 Å². The van der Waals surface area contributed by atoms with Crippen molar-refractivity contribution in [1.82, 2.24) is 10.2 Å². The van der Waals surface area contributed by atoms with Gasteiger partial charge in [0.1, 0.15) is 0 Å². The second kappa shape index (κ2) is 9.43. The Balaban J connectivity index is 2.67. The Hall–Kier alpha value is -0.510. The molecule has 114 valence electrons. The van der Waals surface area contributed by atoms with Gasteiger partial charge in [-0.2, -0.15) is 11.8 Å². The van der Waals surface area contributed by atoms with Crippen LogP contribution in [-0.4, -0.2) is 43.1 Å². The second-order valence-corrected chi connectivity index (χ2v) is 6.58. The Labute approximate surface area is 129 Å². The normalized spacial score (nSPS) is 16.1. The molecule has 0 aromatic heterocycles. The van der Waals surface area contributed by atoms with Crippen molar-refractivity contribution in [1.29, 1.82) is 0 Å². The third kappa shape index (κ3) is 5.47. The summed E-state index contributed by atoms with van der Waals surface area (Å²) in [6, 6.07) is 11.9. The molecule has 1 aromatic rings. The highest BCUT2D eigenvalue weighted by molar-refractivity contribution is 7.98. The van der Waals surface area contributed by atoms with Crippen LogP contribution < -0.4 is 5.32 Å². The molecule has 0 amide bonds. The summed E-state index contributed by atoms with van der Waals surface area (Å²) in [4.78, 5) is 2.48. The quantitative estimate of drug-likeness (QED) is 0.748. The molecule has 0 radical (unpaired) electrons. The van der Waals surface area contributed by atoms with Crippen LogP contribution in [0.3, 0.4) is 0 Å². The molecule has 0 bridgehead atoms. The molecule has 1 aromatic carbocycles. The SMILES string of the molecule is CCNC(c1ccccc1)C(C)CN(C)C(C)CSC. The van der Waals surface area contributed by atoms with Crippen molar-refractivity contribution in [2.75, 3.05) is 32.1 Å². The Morgan fingerprint density at radius 3 is 2.40 bits per heavy atom. The van der Waals surface area contributed by atoms with Crippen molar-refractivity contribution in [3.8, 4) is 0 Å². The van der Waals surface area contributed by atoms with Crippen LogP contribution in [-0.2, 0) is 0 Å². The predicted molar refractivity (Wildman–Crippen MR) is 92.5 cm³/mol. The molecule has 2 nitrogen and oxygen atoms in total. The Morgan fingerprint density at radius 1 is 1.20 bits per heavy atom. The molecular weight excluding hydrogens is 264 g/mol. The van der Waals surface area contributed by atoms with Gasteiger partial charge in [0.15, 0.2) is 0 Å². The van der Waals surface area contributed by atoms with E-state index in [2.05, 4.69) is 74.6 Å². The summed E-state index contributed by atoms with van der Waals surface area (Å²) < 4.78 is 0. The molecule has 0 aliphatic carbocycles. The average molecular weight is 295 g/mol. The highest BCUT2D eigenvalue weighted by Gasteiger charge is 2.21. The van der Waals surface area contributed by atoms with Crippen molar-refractivity contribution in [3.05, 3.63) is 35.9 Å². The van der Waals surface area contributed by atoms with Gasteiger partial charge in [0.25, 0.3) is 0 Å². The fourth-order valence-electron chi connectivity index (χ4n) is 2.64. The zero-order valence-electron chi connectivity index (χ0n) is 13.6. The zero-order valence-corrected chi connectivity index (χ0v) is 14.4. The number of thioether (sulfide) groups is 1. The summed E-state index contributed by atoms with van der Waals surface area (Å²) in [5.74, 6) is 1.78. The van der Waals surface area contributed by atoms with E-state index in [9.17, 15) is 0 Å². The number of rotatable bonds is 9. The molecule has 0 saturated carbocycles. The van der Waals surface area contributed by atoms with Gasteiger partial charge in [0.2, 0.25) is 0 Å². The van der Waals surface area contributed by atoms with Crippen molar-refractivity contribution in [2.45, 2.75) is 32.9 Å². The minimum Gasteiger partial charge on any atom is -0.310 e. The summed E-state index contributed by atoms with van der Waals surface area (Å²) in [7, 11) is 2.24. The zero-order chi connectivity index (χ0) is 15.0. The van der Waals surface area contributed by atoms with Crippen molar-refractivity contribution in [2.24, 2.45) is 5.92 Å². The highest BCUT2D eigenvalue weighted by atomic mass is 32.2. The first-order valence-electron chi connectivity index (χ1n) is 7.57. The standard InChI is InChI=1S/C17H30N2S/c1-6-18-17(16-10-8-7-9-11-16)14(2)12-19(4)15(3)13-20-5/h7-11,14-15,17-18H,6,12-13H2,1-5H3. The minimum atomic E-state index is 0.435. The van der Waals surface area contributed by atoms with Gasteiger partial charge in [-0.3, -0.25) is 0 Å². The van der Waals surface area contributed by atoms with E-state index in [1.54, 1.807) is 0 Å². The molecule has 0 heterocycles. The molecule has 1 N–H and O–H groups in total. The van der Waals surface area contributed by atoms with Crippen LogP contribution in [0.4, 0.5) is 0 Å². The van der Waals surface area contributed by atoms with Crippen molar-refractivity contribution < 1.29 is 0 Å². The minimum absolute atomic E-state index is 0.435. The summed E-state index contributed by atoms with van der Waals surface area (Å²) in [5.41, 5.74) is 1.40. The van der Waals surface area contributed by atoms with Gasteiger partial charge in [-0.05, 0) is 38.3 Å². The summed E-state index contributed by atoms with van der Waals surface area (Å²) in [6.07, 6.45) is 2.18. The van der Waals surface area contributed by atoms with E-state index in [-0.39, 0.29) is 0 Å². The molecule has 3 atom stereocenters. The Morgan fingerprint density at radius 2 is 1.85 bits per heavy atom. The van der Waals surface area contributed by atoms with Crippen LogP contribution in [0.1, 0.15) is 32.4 Å². The van der Waals surface area contributed by atoms with Crippen LogP contribution in [0.5, 0.6) is 0 Å². The van der Waals surface area contributed by atoms with E-state index < -0.39 is 0 Å². The number of benzene rings is 1. The monoisotopic (exact) mass is 294 g/mol. The summed E-state index contributed by atoms with van der Waals surface area (Å²) in [6.45, 7) is 8.97. The molecule has 0 spiro atoms. The molecule has 0 fully saturated rings. The van der Waals surface area contributed by atoms with Crippen LogP contribution in [0.2, 0.25) is 0 Å². The fraction of sp³-hybridized carbons (Fsp3) is 0.647. The molecule has 0 saturated heterocycles. The molecule has 0 aliphatic heterocycles. The molecule has 20 heavy (non-hydrogen) atoms. The van der Waals surface area contributed by atoms with Gasteiger partial charge >= 0.3 is 0 Å². The first-order valence-corrected chi connectivity index (χ1v) is 8.97. The van der Waals surface area contributed by atoms with E-state index in [1.165, 1.54) is 11.3 Å². The van der Waals surface area contributed by atoms with Gasteiger partial charge in [0, 0.05) is 24.4 Å². The van der Waals surface area contributed by atoms with Crippen LogP contribution in [0.25, 0.3) is 0 Å². The van der Waals surface area contributed by atoms with E-state index in [0.29, 0.717) is 18.0 Å². The largest absolute Gasteiger partial charge is 0.310 e. The van der Waals surface area contributed by atoms with Crippen molar-refractivity contribution in [3.63, 3.8) is 0 Å². The lowest BCUT2D eigenvalue weighted by atomic mass is 9.93. The van der Waals surface area contributed by atoms with Gasteiger partial charge < -0.3 is 10.2 Å². The average Bonchev–Trinajstić information content (AvgIpc) is 2.45. The topological polar surface area (TPSA) is 15.3 Å². The maximum Gasteiger partial charge on any atom is 0.0358 e.